The number of benzene rings is 2. The number of amides is 1. The molecule has 0 saturated carbocycles. The highest BCUT2D eigenvalue weighted by molar-refractivity contribution is 8.93. The fraction of sp³-hybridized carbons (Fsp3) is 0.529. The largest absolute Gasteiger partial charge is 0.493 e. The molecule has 1 heterocycles. The van der Waals surface area contributed by atoms with Gasteiger partial charge in [0.25, 0.3) is 5.91 Å². The van der Waals surface area contributed by atoms with Crippen LogP contribution in [-0.4, -0.2) is 29.1 Å². The van der Waals surface area contributed by atoms with Crippen molar-refractivity contribution in [1.82, 2.24) is 4.90 Å². The van der Waals surface area contributed by atoms with E-state index in [-0.39, 0.29) is 28.7 Å². The lowest BCUT2D eigenvalue weighted by Gasteiger charge is -2.15. The Bertz CT molecular complexity index is 1120. The summed E-state index contributed by atoms with van der Waals surface area (Å²) in [7, 11) is 0. The summed E-state index contributed by atoms with van der Waals surface area (Å²) in [6.07, 6.45) is 17.7. The molecule has 0 spiro atoms. The fourth-order valence-corrected chi connectivity index (χ4v) is 5.75. The summed E-state index contributed by atoms with van der Waals surface area (Å²) in [5, 5.41) is 2.95. The molecule has 1 amide bonds. The Morgan fingerprint density at radius 1 is 0.902 bits per heavy atom. The van der Waals surface area contributed by atoms with E-state index in [1.807, 2.05) is 36.0 Å². The van der Waals surface area contributed by atoms with E-state index in [0.717, 1.165) is 30.8 Å². The first kappa shape index (κ1) is 34.9. The lowest BCUT2D eigenvalue weighted by molar-refractivity contribution is 0.100. The second-order valence-corrected chi connectivity index (χ2v) is 12.1. The van der Waals surface area contributed by atoms with E-state index in [1.54, 1.807) is 18.2 Å². The Hall–Kier alpha value is -2.25. The summed E-state index contributed by atoms with van der Waals surface area (Å²) in [5.74, 6) is 1.25. The van der Waals surface area contributed by atoms with Crippen molar-refractivity contribution in [3.8, 4) is 5.75 Å². The lowest BCUT2D eigenvalue weighted by atomic mass is 10.1. The SMILES string of the molecule is Br.CCCCCCCCCCCCCCOc1ccc(NC(=O)c2cccc(CN3C=C(C)SC3)c2)cc1C(C)=O. The molecule has 7 heteroatoms. The van der Waals surface area contributed by atoms with Crippen LogP contribution in [0.4, 0.5) is 5.69 Å². The highest BCUT2D eigenvalue weighted by Gasteiger charge is 2.14. The number of Topliss-reactive ketones (excluding diaryl/α,β-unsaturated/α-hetero) is 1. The standard InChI is InChI=1S/C34H48N2O3S.BrH/c1-4-5-6-7-8-9-10-11-12-13-14-15-21-39-33-20-19-31(23-32(33)28(3)37)35-34(38)30-18-16-17-29(22-30)25-36-24-27(2)40-26-36;/h16-20,22-24H,4-15,21,25-26H2,1-3H3,(H,35,38);1H. The molecule has 2 aromatic carbocycles. The third-order valence-electron chi connectivity index (χ3n) is 7.27. The van der Waals surface area contributed by atoms with Gasteiger partial charge in [-0.1, -0.05) is 89.7 Å². The number of nitrogens with zero attached hydrogens (tertiary/aromatic N) is 1. The normalized spacial score (nSPS) is 12.6. The van der Waals surface area contributed by atoms with Crippen LogP contribution in [0.5, 0.6) is 5.75 Å². The number of carbonyl (C=O) groups is 2. The molecule has 0 fully saturated rings. The summed E-state index contributed by atoms with van der Waals surface area (Å²) < 4.78 is 5.98. The summed E-state index contributed by atoms with van der Waals surface area (Å²) in [5.41, 5.74) is 2.78. The number of rotatable bonds is 19. The molecule has 0 aromatic heterocycles. The minimum atomic E-state index is -0.191. The summed E-state index contributed by atoms with van der Waals surface area (Å²) in [4.78, 5) is 28.9. The zero-order valence-electron chi connectivity index (χ0n) is 25.2. The second kappa shape index (κ2) is 19.8. The van der Waals surface area contributed by atoms with Crippen LogP contribution in [0.1, 0.15) is 124 Å². The average molecular weight is 646 g/mol. The van der Waals surface area contributed by atoms with Crippen LogP contribution in [0, 0.1) is 0 Å². The quantitative estimate of drug-likeness (QED) is 0.122. The van der Waals surface area contributed by atoms with Gasteiger partial charge in [-0.05, 0) is 61.1 Å². The molecular weight excluding hydrogens is 596 g/mol. The van der Waals surface area contributed by atoms with Gasteiger partial charge in [-0.2, -0.15) is 0 Å². The number of thioether (sulfide) groups is 1. The number of ether oxygens (including phenoxy) is 1. The number of carbonyl (C=O) groups excluding carboxylic acids is 2. The van der Waals surface area contributed by atoms with Gasteiger partial charge in [-0.25, -0.2) is 0 Å². The van der Waals surface area contributed by atoms with Crippen LogP contribution in [0.2, 0.25) is 0 Å². The molecule has 0 saturated heterocycles. The van der Waals surface area contributed by atoms with Gasteiger partial charge >= 0.3 is 0 Å². The molecule has 1 aliphatic rings. The van der Waals surface area contributed by atoms with Crippen molar-refractivity contribution >= 4 is 46.1 Å². The van der Waals surface area contributed by atoms with E-state index in [1.165, 1.54) is 76.0 Å². The Labute approximate surface area is 262 Å². The van der Waals surface area contributed by atoms with Crippen molar-refractivity contribution in [3.63, 3.8) is 0 Å². The van der Waals surface area contributed by atoms with Gasteiger partial charge in [0, 0.05) is 24.0 Å². The molecule has 226 valence electrons. The van der Waals surface area contributed by atoms with Crippen LogP contribution in [0.3, 0.4) is 0 Å². The Kier molecular flexibility index (Phi) is 16.9. The van der Waals surface area contributed by atoms with Crippen LogP contribution in [0.25, 0.3) is 0 Å². The number of anilines is 1. The molecular formula is C34H49BrN2O3S. The second-order valence-electron chi connectivity index (χ2n) is 10.9. The van der Waals surface area contributed by atoms with E-state index in [4.69, 9.17) is 4.74 Å². The van der Waals surface area contributed by atoms with Gasteiger partial charge in [-0.15, -0.1) is 28.7 Å². The number of hydrogen-bond acceptors (Lipinski definition) is 5. The van der Waals surface area contributed by atoms with Crippen LogP contribution < -0.4 is 10.1 Å². The van der Waals surface area contributed by atoms with Crippen molar-refractivity contribution < 1.29 is 14.3 Å². The van der Waals surface area contributed by atoms with Crippen molar-refractivity contribution in [2.45, 2.75) is 104 Å². The number of halogens is 1. The summed E-state index contributed by atoms with van der Waals surface area (Å²) in [6, 6.07) is 13.0. The maximum atomic E-state index is 13.0. The van der Waals surface area contributed by atoms with Gasteiger partial charge in [0.2, 0.25) is 0 Å². The predicted octanol–water partition coefficient (Wildman–Crippen LogP) is 10.2. The summed E-state index contributed by atoms with van der Waals surface area (Å²) in [6.45, 7) is 7.28. The average Bonchev–Trinajstić information content (AvgIpc) is 3.36. The van der Waals surface area contributed by atoms with Crippen molar-refractivity contribution in [2.24, 2.45) is 0 Å². The predicted molar refractivity (Wildman–Crippen MR) is 179 cm³/mol. The molecule has 0 atom stereocenters. The van der Waals surface area contributed by atoms with Gasteiger partial charge in [0.15, 0.2) is 5.78 Å². The molecule has 3 rings (SSSR count). The molecule has 1 aliphatic heterocycles. The Balaban J connectivity index is 0.00000588. The van der Waals surface area contributed by atoms with Gasteiger partial charge in [0.1, 0.15) is 5.75 Å². The molecule has 2 aromatic rings. The maximum Gasteiger partial charge on any atom is 0.255 e. The van der Waals surface area contributed by atoms with Gasteiger partial charge in [0.05, 0.1) is 18.0 Å². The van der Waals surface area contributed by atoms with E-state index < -0.39 is 0 Å². The third kappa shape index (κ3) is 13.1. The van der Waals surface area contributed by atoms with Gasteiger partial charge < -0.3 is 15.0 Å². The highest BCUT2D eigenvalue weighted by atomic mass is 79.9. The highest BCUT2D eigenvalue weighted by Crippen LogP contribution is 2.27. The Morgan fingerprint density at radius 3 is 2.17 bits per heavy atom. The van der Waals surface area contributed by atoms with Crippen molar-refractivity contribution in [2.75, 3.05) is 17.8 Å². The zero-order valence-corrected chi connectivity index (χ0v) is 27.7. The van der Waals surface area contributed by atoms with Crippen LogP contribution in [0.15, 0.2) is 53.6 Å². The minimum Gasteiger partial charge on any atom is -0.493 e. The first-order chi connectivity index (χ1) is 19.5. The monoisotopic (exact) mass is 644 g/mol. The van der Waals surface area contributed by atoms with Crippen molar-refractivity contribution in [3.05, 3.63) is 70.3 Å². The van der Waals surface area contributed by atoms with E-state index in [2.05, 4.69) is 30.3 Å². The topological polar surface area (TPSA) is 58.6 Å². The maximum absolute atomic E-state index is 13.0. The van der Waals surface area contributed by atoms with Gasteiger partial charge in [-0.3, -0.25) is 9.59 Å². The molecule has 0 unspecified atom stereocenters. The Morgan fingerprint density at radius 2 is 1.56 bits per heavy atom. The fourth-order valence-electron chi connectivity index (χ4n) is 4.99. The molecule has 0 bridgehead atoms. The smallest absolute Gasteiger partial charge is 0.255 e. The molecule has 1 N–H and O–H groups in total. The van der Waals surface area contributed by atoms with Crippen LogP contribution >= 0.6 is 28.7 Å². The van der Waals surface area contributed by atoms with Crippen LogP contribution in [-0.2, 0) is 6.54 Å². The summed E-state index contributed by atoms with van der Waals surface area (Å²) >= 11 is 1.82. The number of allylic oxidation sites excluding steroid dienone is 1. The minimum absolute atomic E-state index is 0. The number of ketones is 1. The lowest BCUT2D eigenvalue weighted by Crippen LogP contribution is -2.15. The molecule has 5 nitrogen and oxygen atoms in total. The van der Waals surface area contributed by atoms with E-state index in [0.29, 0.717) is 29.2 Å². The zero-order chi connectivity index (χ0) is 28.6. The van der Waals surface area contributed by atoms with E-state index in [9.17, 15) is 9.59 Å². The van der Waals surface area contributed by atoms with Crippen molar-refractivity contribution in [1.29, 1.82) is 0 Å². The molecule has 0 radical (unpaired) electrons. The number of nitrogens with one attached hydrogen (secondary N) is 1. The molecule has 41 heavy (non-hydrogen) atoms. The number of unbranched alkanes of at least 4 members (excludes halogenated alkanes) is 11. The first-order valence-electron chi connectivity index (χ1n) is 15.2. The van der Waals surface area contributed by atoms with E-state index >= 15 is 0 Å². The third-order valence-corrected chi connectivity index (χ3v) is 8.29. The molecule has 0 aliphatic carbocycles. The number of hydrogen-bond donors (Lipinski definition) is 1. The first-order valence-corrected chi connectivity index (χ1v) is 16.2.